The van der Waals surface area contributed by atoms with Gasteiger partial charge in [-0.15, -0.1) is 0 Å². The Bertz CT molecular complexity index is 256. The number of fused-ring (bicyclic) bond motifs is 1. The molecular weight excluding hydrogens is 246 g/mol. The van der Waals surface area contributed by atoms with E-state index in [1.807, 2.05) is 0 Å². The molecule has 0 aromatic heterocycles. The topological polar surface area (TPSA) is 23.5 Å². The van der Waals surface area contributed by atoms with Gasteiger partial charge in [0.1, 0.15) is 0 Å². The van der Waals surface area contributed by atoms with Crippen molar-refractivity contribution in [1.82, 2.24) is 4.90 Å². The molecule has 20 heavy (non-hydrogen) atoms. The second-order valence-corrected chi connectivity index (χ2v) is 7.14. The molecule has 0 amide bonds. The van der Waals surface area contributed by atoms with Gasteiger partial charge in [-0.2, -0.15) is 0 Å². The second-order valence-electron chi connectivity index (χ2n) is 7.14. The van der Waals surface area contributed by atoms with Crippen molar-refractivity contribution in [3.63, 3.8) is 0 Å². The summed E-state index contributed by atoms with van der Waals surface area (Å²) in [6.07, 6.45) is 16.4. The van der Waals surface area contributed by atoms with E-state index in [0.717, 1.165) is 24.4 Å². The van der Waals surface area contributed by atoms with E-state index in [1.165, 1.54) is 77.2 Å². The maximum atomic E-state index is 8.74. The summed E-state index contributed by atoms with van der Waals surface area (Å²) in [6, 6.07) is 1.83. The summed E-state index contributed by atoms with van der Waals surface area (Å²) >= 11 is 0. The van der Waals surface area contributed by atoms with Crippen LogP contribution in [-0.4, -0.2) is 35.2 Å². The van der Waals surface area contributed by atoms with Crippen LogP contribution in [0, 0.1) is 5.92 Å². The normalized spacial score (nSPS) is 30.6. The third-order valence-corrected chi connectivity index (χ3v) is 5.62. The van der Waals surface area contributed by atoms with Gasteiger partial charge in [0.25, 0.3) is 0 Å². The van der Waals surface area contributed by atoms with E-state index in [2.05, 4.69) is 11.8 Å². The largest absolute Gasteiger partial charge is 0.396 e. The molecule has 2 fully saturated rings. The summed E-state index contributed by atoms with van der Waals surface area (Å²) < 4.78 is 0. The van der Waals surface area contributed by atoms with E-state index < -0.39 is 0 Å². The number of nitrogens with zero attached hydrogens (tertiary/aromatic N) is 1. The number of hydrogen-bond donors (Lipinski definition) is 1. The van der Waals surface area contributed by atoms with E-state index in [-0.39, 0.29) is 0 Å². The fourth-order valence-corrected chi connectivity index (χ4v) is 4.38. The van der Waals surface area contributed by atoms with Gasteiger partial charge in [0.05, 0.1) is 0 Å². The first-order valence-corrected chi connectivity index (χ1v) is 9.19. The van der Waals surface area contributed by atoms with Crippen LogP contribution in [0.15, 0.2) is 0 Å². The highest BCUT2D eigenvalue weighted by Gasteiger charge is 2.37. The van der Waals surface area contributed by atoms with Crippen molar-refractivity contribution in [1.29, 1.82) is 0 Å². The lowest BCUT2D eigenvalue weighted by Gasteiger charge is -2.41. The van der Waals surface area contributed by atoms with Crippen molar-refractivity contribution >= 4 is 0 Å². The zero-order chi connectivity index (χ0) is 14.2. The van der Waals surface area contributed by atoms with Gasteiger partial charge in [-0.1, -0.05) is 45.4 Å². The minimum atomic E-state index is 0.372. The lowest BCUT2D eigenvalue weighted by molar-refractivity contribution is 0.0750. The van der Waals surface area contributed by atoms with Crippen LogP contribution in [0.4, 0.5) is 0 Å². The standard InChI is InChI=1S/C18H35NO/c1-16-12-13-17(19-14-9-11-18(16)19)10-7-5-3-2-4-6-8-15-20/h16-18,20H,2-15H2,1H3/t16-,17-,18+/m1/s1. The van der Waals surface area contributed by atoms with Crippen LogP contribution in [0.1, 0.15) is 84.0 Å². The van der Waals surface area contributed by atoms with Crippen LogP contribution in [0.2, 0.25) is 0 Å². The number of aliphatic hydroxyl groups is 1. The molecule has 0 aromatic rings. The molecule has 2 aliphatic rings. The number of aliphatic hydroxyl groups excluding tert-OH is 1. The molecule has 2 aliphatic heterocycles. The molecule has 2 heterocycles. The highest BCUT2D eigenvalue weighted by molar-refractivity contribution is 4.92. The molecule has 1 N–H and O–H groups in total. The number of piperidine rings is 1. The zero-order valence-corrected chi connectivity index (χ0v) is 13.5. The molecule has 0 aromatic carbocycles. The summed E-state index contributed by atoms with van der Waals surface area (Å²) in [6.45, 7) is 4.21. The summed E-state index contributed by atoms with van der Waals surface area (Å²) in [5.74, 6) is 0.945. The smallest absolute Gasteiger partial charge is 0.0431 e. The summed E-state index contributed by atoms with van der Waals surface area (Å²) in [7, 11) is 0. The van der Waals surface area contributed by atoms with Gasteiger partial charge in [0.15, 0.2) is 0 Å². The fraction of sp³-hybridized carbons (Fsp3) is 1.00. The molecule has 0 aliphatic carbocycles. The molecule has 0 spiro atoms. The minimum Gasteiger partial charge on any atom is -0.396 e. The molecule has 2 heteroatoms. The Balaban J connectivity index is 1.53. The highest BCUT2D eigenvalue weighted by Crippen LogP contribution is 2.36. The quantitative estimate of drug-likeness (QED) is 0.635. The lowest BCUT2D eigenvalue weighted by Crippen LogP contribution is -2.46. The third-order valence-electron chi connectivity index (χ3n) is 5.62. The molecule has 2 saturated heterocycles. The van der Waals surface area contributed by atoms with Crippen LogP contribution in [-0.2, 0) is 0 Å². The van der Waals surface area contributed by atoms with Gasteiger partial charge < -0.3 is 5.11 Å². The first-order valence-electron chi connectivity index (χ1n) is 9.19. The monoisotopic (exact) mass is 281 g/mol. The van der Waals surface area contributed by atoms with E-state index in [1.54, 1.807) is 0 Å². The van der Waals surface area contributed by atoms with Crippen LogP contribution < -0.4 is 0 Å². The van der Waals surface area contributed by atoms with Crippen LogP contribution in [0.5, 0.6) is 0 Å². The Morgan fingerprint density at radius 1 is 0.900 bits per heavy atom. The van der Waals surface area contributed by atoms with Gasteiger partial charge >= 0.3 is 0 Å². The molecule has 0 bridgehead atoms. The Hall–Kier alpha value is -0.0800. The molecule has 118 valence electrons. The average molecular weight is 281 g/mol. The van der Waals surface area contributed by atoms with Crippen LogP contribution in [0.3, 0.4) is 0 Å². The second kappa shape index (κ2) is 9.04. The fourth-order valence-electron chi connectivity index (χ4n) is 4.38. The molecule has 0 saturated carbocycles. The lowest BCUT2D eigenvalue weighted by atomic mass is 9.85. The predicted molar refractivity (Wildman–Crippen MR) is 85.9 cm³/mol. The van der Waals surface area contributed by atoms with E-state index in [4.69, 9.17) is 5.11 Å². The van der Waals surface area contributed by atoms with Crippen LogP contribution in [0.25, 0.3) is 0 Å². The Labute approximate surface area is 125 Å². The first kappa shape index (κ1) is 16.3. The van der Waals surface area contributed by atoms with Crippen molar-refractivity contribution in [3.8, 4) is 0 Å². The van der Waals surface area contributed by atoms with Gasteiger partial charge in [-0.25, -0.2) is 0 Å². The van der Waals surface area contributed by atoms with Crippen LogP contribution >= 0.6 is 0 Å². The van der Waals surface area contributed by atoms with E-state index in [0.29, 0.717) is 6.61 Å². The van der Waals surface area contributed by atoms with Crippen molar-refractivity contribution in [2.75, 3.05) is 13.2 Å². The molecule has 2 nitrogen and oxygen atoms in total. The molecule has 2 rings (SSSR count). The van der Waals surface area contributed by atoms with E-state index in [9.17, 15) is 0 Å². The Kier molecular flexibility index (Phi) is 7.37. The zero-order valence-electron chi connectivity index (χ0n) is 13.5. The first-order chi connectivity index (χ1) is 9.83. The van der Waals surface area contributed by atoms with Gasteiger partial charge in [0, 0.05) is 18.7 Å². The highest BCUT2D eigenvalue weighted by atomic mass is 16.2. The van der Waals surface area contributed by atoms with Gasteiger partial charge in [-0.05, 0) is 51.0 Å². The van der Waals surface area contributed by atoms with Crippen molar-refractivity contribution in [2.24, 2.45) is 5.92 Å². The van der Waals surface area contributed by atoms with Crippen molar-refractivity contribution < 1.29 is 5.11 Å². The molecule has 0 radical (unpaired) electrons. The summed E-state index contributed by atoms with van der Waals surface area (Å²) in [4.78, 5) is 2.86. The minimum absolute atomic E-state index is 0.372. The predicted octanol–water partition coefficient (Wildman–Crippen LogP) is 4.36. The summed E-state index contributed by atoms with van der Waals surface area (Å²) in [5, 5.41) is 8.74. The SMILES string of the molecule is C[C@@H]1CC[C@@H](CCCCCCCCCO)N2CCC[C@@H]12. The molecular formula is C18H35NO. The Morgan fingerprint density at radius 3 is 2.35 bits per heavy atom. The van der Waals surface area contributed by atoms with Gasteiger partial charge in [0.2, 0.25) is 0 Å². The molecule has 0 unspecified atom stereocenters. The number of hydrogen-bond acceptors (Lipinski definition) is 2. The number of rotatable bonds is 9. The summed E-state index contributed by atoms with van der Waals surface area (Å²) in [5.41, 5.74) is 0. The molecule has 3 atom stereocenters. The van der Waals surface area contributed by atoms with Crippen molar-refractivity contribution in [2.45, 2.75) is 96.1 Å². The maximum absolute atomic E-state index is 8.74. The van der Waals surface area contributed by atoms with Crippen molar-refractivity contribution in [3.05, 3.63) is 0 Å². The third kappa shape index (κ3) is 4.73. The average Bonchev–Trinajstić information content (AvgIpc) is 2.94. The maximum Gasteiger partial charge on any atom is 0.0431 e. The van der Waals surface area contributed by atoms with E-state index >= 15 is 0 Å². The number of unbranched alkanes of at least 4 members (excludes halogenated alkanes) is 6. The van der Waals surface area contributed by atoms with Gasteiger partial charge in [-0.3, -0.25) is 4.90 Å². The Morgan fingerprint density at radius 2 is 1.60 bits per heavy atom.